The monoisotopic (exact) mass is 200 g/mol. The van der Waals surface area contributed by atoms with E-state index in [1.807, 2.05) is 0 Å². The highest BCUT2D eigenvalue weighted by Gasteiger charge is 2.16. The Morgan fingerprint density at radius 1 is 1.62 bits per heavy atom. The van der Waals surface area contributed by atoms with Crippen LogP contribution in [0, 0.1) is 11.3 Å². The fourth-order valence-corrected chi connectivity index (χ4v) is 1.46. The molecule has 0 bridgehead atoms. The number of imidazole rings is 1. The van der Waals surface area contributed by atoms with Gasteiger partial charge in [0.1, 0.15) is 12.4 Å². The van der Waals surface area contributed by atoms with Gasteiger partial charge in [-0.2, -0.15) is 18.0 Å². The van der Waals surface area contributed by atoms with Crippen LogP contribution in [-0.2, 0) is 10.2 Å². The lowest BCUT2D eigenvalue weighted by Gasteiger charge is -2.10. The van der Waals surface area contributed by atoms with Crippen molar-refractivity contribution in [2.75, 3.05) is 14.1 Å². The molecular formula is C6H8N4O2S. The molecule has 1 heterocycles. The summed E-state index contributed by atoms with van der Waals surface area (Å²) < 4.78 is 24.7. The summed E-state index contributed by atoms with van der Waals surface area (Å²) in [5.41, 5.74) is 0.0745. The zero-order chi connectivity index (χ0) is 10.1. The molecule has 1 rings (SSSR count). The van der Waals surface area contributed by atoms with E-state index in [4.69, 9.17) is 5.26 Å². The second-order valence-electron chi connectivity index (χ2n) is 2.49. The van der Waals surface area contributed by atoms with Crippen molar-refractivity contribution in [2.24, 2.45) is 0 Å². The number of aromatic nitrogens is 2. The maximum Gasteiger partial charge on any atom is 0.308 e. The summed E-state index contributed by atoms with van der Waals surface area (Å²) >= 11 is 0. The molecule has 0 atom stereocenters. The first kappa shape index (κ1) is 9.70. The summed E-state index contributed by atoms with van der Waals surface area (Å²) in [6.45, 7) is 0. The van der Waals surface area contributed by atoms with Gasteiger partial charge in [0.2, 0.25) is 0 Å². The fourth-order valence-electron chi connectivity index (χ4n) is 0.679. The van der Waals surface area contributed by atoms with Crippen molar-refractivity contribution in [3.63, 3.8) is 0 Å². The van der Waals surface area contributed by atoms with Crippen LogP contribution in [0.15, 0.2) is 12.5 Å². The lowest BCUT2D eigenvalue weighted by Crippen LogP contribution is -2.27. The van der Waals surface area contributed by atoms with Crippen LogP contribution >= 0.6 is 0 Å². The molecule has 0 fully saturated rings. The molecule has 0 spiro atoms. The molecule has 0 aromatic carbocycles. The smallest absolute Gasteiger partial charge is 0.225 e. The third kappa shape index (κ3) is 1.68. The molecule has 0 aliphatic rings. The molecule has 13 heavy (non-hydrogen) atoms. The molecule has 0 amide bonds. The summed E-state index contributed by atoms with van der Waals surface area (Å²) in [6.07, 6.45) is 2.25. The quantitative estimate of drug-likeness (QED) is 0.639. The van der Waals surface area contributed by atoms with Crippen LogP contribution in [-0.4, -0.2) is 35.8 Å². The Labute approximate surface area is 76.2 Å². The van der Waals surface area contributed by atoms with Gasteiger partial charge in [-0.05, 0) is 0 Å². The van der Waals surface area contributed by atoms with Crippen molar-refractivity contribution in [2.45, 2.75) is 0 Å². The molecular weight excluding hydrogens is 192 g/mol. The summed E-state index contributed by atoms with van der Waals surface area (Å²) in [5, 5.41) is 8.42. The molecule has 0 unspecified atom stereocenters. The molecule has 0 aliphatic heterocycles. The van der Waals surface area contributed by atoms with Gasteiger partial charge in [0, 0.05) is 14.1 Å². The summed E-state index contributed by atoms with van der Waals surface area (Å²) in [4.78, 5) is 3.58. The van der Waals surface area contributed by atoms with E-state index in [1.165, 1.54) is 14.1 Å². The largest absolute Gasteiger partial charge is 0.308 e. The van der Waals surface area contributed by atoms with Gasteiger partial charge >= 0.3 is 10.2 Å². The minimum atomic E-state index is -3.53. The van der Waals surface area contributed by atoms with E-state index in [2.05, 4.69) is 4.98 Å². The van der Waals surface area contributed by atoms with E-state index in [1.54, 1.807) is 6.07 Å². The number of hydrogen-bond acceptors (Lipinski definition) is 4. The van der Waals surface area contributed by atoms with Crippen LogP contribution in [0.2, 0.25) is 0 Å². The highest BCUT2D eigenvalue weighted by molar-refractivity contribution is 7.87. The van der Waals surface area contributed by atoms with E-state index in [0.29, 0.717) is 0 Å². The average Bonchev–Trinajstić information content (AvgIpc) is 2.51. The predicted octanol–water partition coefficient (Wildman–Crippen LogP) is -0.591. The van der Waals surface area contributed by atoms with Gasteiger partial charge in [0.15, 0.2) is 5.69 Å². The van der Waals surface area contributed by atoms with Gasteiger partial charge in [-0.3, -0.25) is 0 Å². The summed E-state index contributed by atoms with van der Waals surface area (Å²) in [7, 11) is -0.721. The minimum Gasteiger partial charge on any atom is -0.225 e. The van der Waals surface area contributed by atoms with E-state index in [9.17, 15) is 8.42 Å². The Balaban J connectivity index is 3.18. The molecule has 0 saturated heterocycles. The van der Waals surface area contributed by atoms with E-state index in [-0.39, 0.29) is 5.69 Å². The maximum atomic E-state index is 11.4. The van der Waals surface area contributed by atoms with Crippen LogP contribution in [0.3, 0.4) is 0 Å². The van der Waals surface area contributed by atoms with Crippen LogP contribution in [0.1, 0.15) is 5.69 Å². The maximum absolute atomic E-state index is 11.4. The molecule has 0 N–H and O–H groups in total. The molecule has 0 saturated carbocycles. The molecule has 1 aromatic rings. The molecule has 0 aliphatic carbocycles. The first-order valence-corrected chi connectivity index (χ1v) is 4.75. The predicted molar refractivity (Wildman–Crippen MR) is 44.9 cm³/mol. The highest BCUT2D eigenvalue weighted by atomic mass is 32.2. The normalized spacial score (nSPS) is 11.5. The van der Waals surface area contributed by atoms with Crippen LogP contribution in [0.5, 0.6) is 0 Å². The van der Waals surface area contributed by atoms with Crippen molar-refractivity contribution in [1.82, 2.24) is 13.3 Å². The van der Waals surface area contributed by atoms with E-state index < -0.39 is 10.2 Å². The van der Waals surface area contributed by atoms with Gasteiger partial charge in [0.05, 0.1) is 6.20 Å². The second-order valence-corrected chi connectivity index (χ2v) is 4.54. The standard InChI is InChI=1S/C6H8N4O2S/c1-9(2)13(11,12)10-4-6(3-7)8-5-10/h4-5H,1-2H3. The second kappa shape index (κ2) is 3.16. The van der Waals surface area contributed by atoms with Gasteiger partial charge < -0.3 is 0 Å². The molecule has 1 aromatic heterocycles. The zero-order valence-electron chi connectivity index (χ0n) is 7.17. The Morgan fingerprint density at radius 3 is 2.62 bits per heavy atom. The van der Waals surface area contributed by atoms with Gasteiger partial charge in [-0.25, -0.2) is 8.96 Å². The van der Waals surface area contributed by atoms with Gasteiger partial charge in [-0.1, -0.05) is 0 Å². The number of rotatable bonds is 2. The highest BCUT2D eigenvalue weighted by Crippen LogP contribution is 2.02. The zero-order valence-corrected chi connectivity index (χ0v) is 7.98. The molecule has 0 radical (unpaired) electrons. The van der Waals surface area contributed by atoms with E-state index in [0.717, 1.165) is 20.8 Å². The van der Waals surface area contributed by atoms with Crippen LogP contribution in [0.4, 0.5) is 0 Å². The summed E-state index contributed by atoms with van der Waals surface area (Å²) in [5.74, 6) is 0. The lowest BCUT2D eigenvalue weighted by molar-refractivity contribution is 0.510. The first-order valence-electron chi connectivity index (χ1n) is 3.35. The van der Waals surface area contributed by atoms with Crippen molar-refractivity contribution in [1.29, 1.82) is 5.26 Å². The number of nitriles is 1. The fraction of sp³-hybridized carbons (Fsp3) is 0.333. The summed E-state index contributed by atoms with van der Waals surface area (Å²) in [6, 6.07) is 1.74. The van der Waals surface area contributed by atoms with E-state index >= 15 is 0 Å². The molecule has 70 valence electrons. The Morgan fingerprint density at radius 2 is 2.23 bits per heavy atom. The van der Waals surface area contributed by atoms with Crippen LogP contribution < -0.4 is 0 Å². The van der Waals surface area contributed by atoms with Crippen molar-refractivity contribution < 1.29 is 8.42 Å². The Bertz CT molecular complexity index is 439. The van der Waals surface area contributed by atoms with Crippen molar-refractivity contribution in [3.05, 3.63) is 18.2 Å². The Hall–Kier alpha value is -1.39. The SMILES string of the molecule is CN(C)S(=O)(=O)n1cnc(C#N)c1. The lowest BCUT2D eigenvalue weighted by atomic mass is 10.6. The van der Waals surface area contributed by atoms with Crippen molar-refractivity contribution in [3.8, 4) is 6.07 Å². The number of nitrogens with zero attached hydrogens (tertiary/aromatic N) is 4. The third-order valence-electron chi connectivity index (χ3n) is 1.40. The van der Waals surface area contributed by atoms with Crippen LogP contribution in [0.25, 0.3) is 0 Å². The number of hydrogen-bond donors (Lipinski definition) is 0. The van der Waals surface area contributed by atoms with Gasteiger partial charge in [-0.15, -0.1) is 0 Å². The van der Waals surface area contributed by atoms with Gasteiger partial charge in [0.25, 0.3) is 0 Å². The average molecular weight is 200 g/mol. The topological polar surface area (TPSA) is 79.0 Å². The first-order chi connectivity index (χ1) is 5.98. The molecule has 6 nitrogen and oxygen atoms in total. The van der Waals surface area contributed by atoms with Crippen molar-refractivity contribution >= 4 is 10.2 Å². The minimum absolute atomic E-state index is 0.0745. The molecule has 7 heteroatoms. The Kier molecular flexibility index (Phi) is 2.36. The third-order valence-corrected chi connectivity index (χ3v) is 3.06.